The number of hydrogen-bond donors (Lipinski definition) is 0. The van der Waals surface area contributed by atoms with Crippen LogP contribution in [0.5, 0.6) is 17.2 Å². The number of hydrogen-bond acceptors (Lipinski definition) is 7. The molecule has 0 amide bonds. The molecule has 2 aromatic carbocycles. The van der Waals surface area contributed by atoms with Crippen molar-refractivity contribution >= 4 is 16.9 Å². The number of ether oxygens (including phenoxy) is 3. The molecule has 0 bridgehead atoms. The number of esters is 1. The van der Waals surface area contributed by atoms with E-state index < -0.39 is 11.4 Å². The Kier molecular flexibility index (Phi) is 5.02. The number of aryl methyl sites for hydroxylation is 1. The molecule has 30 heavy (non-hydrogen) atoms. The summed E-state index contributed by atoms with van der Waals surface area (Å²) in [6.07, 6.45) is 1.44. The summed E-state index contributed by atoms with van der Waals surface area (Å²) in [7, 11) is 2.94. The second-order valence-corrected chi connectivity index (χ2v) is 6.56. The third-order valence-electron chi connectivity index (χ3n) is 4.53. The molecule has 0 aliphatic carbocycles. The Balaban J connectivity index is 1.86. The van der Waals surface area contributed by atoms with E-state index >= 15 is 0 Å². The van der Waals surface area contributed by atoms with Gasteiger partial charge in [0.15, 0.2) is 5.76 Å². The number of methoxy groups -OCH3 is 2. The van der Waals surface area contributed by atoms with Crippen molar-refractivity contribution < 1.29 is 27.8 Å². The van der Waals surface area contributed by atoms with Gasteiger partial charge in [0.1, 0.15) is 17.1 Å². The average Bonchev–Trinajstić information content (AvgIpc) is 3.30. The molecular formula is C23H18O7. The van der Waals surface area contributed by atoms with Crippen molar-refractivity contribution in [1.82, 2.24) is 0 Å². The van der Waals surface area contributed by atoms with Gasteiger partial charge in [-0.15, -0.1) is 0 Å². The second kappa shape index (κ2) is 7.79. The van der Waals surface area contributed by atoms with Crippen molar-refractivity contribution in [2.75, 3.05) is 14.2 Å². The van der Waals surface area contributed by atoms with Crippen LogP contribution in [-0.4, -0.2) is 20.2 Å². The summed E-state index contributed by atoms with van der Waals surface area (Å²) in [6.45, 7) is 1.85. The highest BCUT2D eigenvalue weighted by Gasteiger charge is 2.23. The van der Waals surface area contributed by atoms with E-state index in [2.05, 4.69) is 0 Å². The first-order valence-corrected chi connectivity index (χ1v) is 9.06. The van der Waals surface area contributed by atoms with Crippen LogP contribution in [0.2, 0.25) is 0 Å². The van der Waals surface area contributed by atoms with Gasteiger partial charge in [-0.1, -0.05) is 11.6 Å². The lowest BCUT2D eigenvalue weighted by Crippen LogP contribution is -2.16. The third-order valence-corrected chi connectivity index (χ3v) is 4.53. The summed E-state index contributed by atoms with van der Waals surface area (Å²) in [5.74, 6) is 0.0989. The van der Waals surface area contributed by atoms with Gasteiger partial charge < -0.3 is 23.0 Å². The molecule has 0 N–H and O–H groups in total. The van der Waals surface area contributed by atoms with Gasteiger partial charge in [-0.25, -0.2) is 4.79 Å². The Labute approximate surface area is 171 Å². The smallest absolute Gasteiger partial charge is 0.344 e. The summed E-state index contributed by atoms with van der Waals surface area (Å²) in [6, 6.07) is 13.1. The zero-order chi connectivity index (χ0) is 21.3. The number of rotatable bonds is 5. The molecule has 0 spiro atoms. The van der Waals surface area contributed by atoms with Crippen molar-refractivity contribution in [3.05, 3.63) is 76.1 Å². The molecule has 2 heterocycles. The van der Waals surface area contributed by atoms with E-state index in [0.717, 1.165) is 5.56 Å². The summed E-state index contributed by atoms with van der Waals surface area (Å²) in [4.78, 5) is 26.1. The number of benzene rings is 2. The number of fused-ring (bicyclic) bond motifs is 1. The van der Waals surface area contributed by atoms with Crippen LogP contribution in [0.3, 0.4) is 0 Å². The van der Waals surface area contributed by atoms with Crippen molar-refractivity contribution in [2.24, 2.45) is 0 Å². The summed E-state index contributed by atoms with van der Waals surface area (Å²) in [5, 5.41) is 0.302. The fourth-order valence-corrected chi connectivity index (χ4v) is 3.03. The Morgan fingerprint density at radius 2 is 1.70 bits per heavy atom. The minimum atomic E-state index is -0.765. The van der Waals surface area contributed by atoms with E-state index in [9.17, 15) is 9.59 Å². The Morgan fingerprint density at radius 1 is 0.967 bits per heavy atom. The first-order valence-electron chi connectivity index (χ1n) is 9.06. The fourth-order valence-electron chi connectivity index (χ4n) is 3.03. The van der Waals surface area contributed by atoms with Crippen LogP contribution in [0.1, 0.15) is 15.9 Å². The molecule has 0 atom stereocenters. The van der Waals surface area contributed by atoms with Gasteiger partial charge in [0, 0.05) is 6.07 Å². The fraction of sp³-hybridized carbons (Fsp3) is 0.130. The quantitative estimate of drug-likeness (QED) is 0.448. The topological polar surface area (TPSA) is 88.1 Å². The average molecular weight is 406 g/mol. The molecule has 0 fully saturated rings. The number of carbonyl (C=O) groups excluding carboxylic acids is 1. The molecule has 0 aliphatic rings. The molecule has 4 rings (SSSR count). The Morgan fingerprint density at radius 3 is 2.33 bits per heavy atom. The normalized spacial score (nSPS) is 10.8. The van der Waals surface area contributed by atoms with Gasteiger partial charge in [-0.2, -0.15) is 0 Å². The molecule has 7 heteroatoms. The maximum Gasteiger partial charge on any atom is 0.344 e. The lowest BCUT2D eigenvalue weighted by molar-refractivity contribution is 0.0730. The number of carbonyl (C=O) groups is 1. The third kappa shape index (κ3) is 3.53. The van der Waals surface area contributed by atoms with Gasteiger partial charge in [-0.05, 0) is 43.3 Å². The van der Waals surface area contributed by atoms with Crippen LogP contribution in [0.4, 0.5) is 0 Å². The monoisotopic (exact) mass is 406 g/mol. The maximum atomic E-state index is 13.2. The van der Waals surface area contributed by atoms with Crippen LogP contribution >= 0.6 is 0 Å². The largest absolute Gasteiger partial charge is 0.497 e. The lowest BCUT2D eigenvalue weighted by atomic mass is 10.1. The summed E-state index contributed by atoms with van der Waals surface area (Å²) in [5.41, 5.74) is 0.908. The van der Waals surface area contributed by atoms with Crippen molar-refractivity contribution in [3.63, 3.8) is 0 Å². The van der Waals surface area contributed by atoms with Crippen LogP contribution < -0.4 is 19.6 Å². The first kappa shape index (κ1) is 19.3. The molecule has 0 saturated carbocycles. The zero-order valence-electron chi connectivity index (χ0n) is 16.6. The maximum absolute atomic E-state index is 13.2. The SMILES string of the molecule is COc1cc(OC)cc(C(=O)Oc2c(-c3ccco3)oc3ccc(C)cc3c2=O)c1. The summed E-state index contributed by atoms with van der Waals surface area (Å²) < 4.78 is 27.2. The van der Waals surface area contributed by atoms with Crippen LogP contribution in [0.15, 0.2) is 68.4 Å². The van der Waals surface area contributed by atoms with E-state index in [-0.39, 0.29) is 22.8 Å². The molecule has 0 aliphatic heterocycles. The Bertz CT molecular complexity index is 1260. The highest BCUT2D eigenvalue weighted by atomic mass is 16.5. The van der Waals surface area contributed by atoms with Gasteiger partial charge in [0.05, 0.1) is 31.4 Å². The molecular weight excluding hydrogens is 388 g/mol. The standard InChI is InChI=1S/C23H18O7/c1-13-6-7-18-17(9-13)20(24)22(21(29-18)19-5-4-8-28-19)30-23(25)14-10-15(26-2)12-16(11-14)27-3/h4-12H,1-3H3. The van der Waals surface area contributed by atoms with Crippen LogP contribution in [0.25, 0.3) is 22.5 Å². The highest BCUT2D eigenvalue weighted by molar-refractivity contribution is 5.93. The summed E-state index contributed by atoms with van der Waals surface area (Å²) >= 11 is 0. The van der Waals surface area contributed by atoms with Crippen LogP contribution in [0, 0.1) is 6.92 Å². The minimum Gasteiger partial charge on any atom is -0.497 e. The minimum absolute atomic E-state index is 0.0320. The predicted molar refractivity (Wildman–Crippen MR) is 109 cm³/mol. The lowest BCUT2D eigenvalue weighted by Gasteiger charge is -2.11. The predicted octanol–water partition coefficient (Wildman–Crippen LogP) is 4.60. The van der Waals surface area contributed by atoms with E-state index in [1.54, 1.807) is 30.3 Å². The number of furan rings is 1. The van der Waals surface area contributed by atoms with Crippen molar-refractivity contribution in [3.8, 4) is 28.8 Å². The molecule has 0 unspecified atom stereocenters. The van der Waals surface area contributed by atoms with Gasteiger partial charge in [0.2, 0.25) is 16.9 Å². The van der Waals surface area contributed by atoms with E-state index in [4.69, 9.17) is 23.0 Å². The molecule has 0 radical (unpaired) electrons. The van der Waals surface area contributed by atoms with E-state index in [1.807, 2.05) is 13.0 Å². The molecule has 152 valence electrons. The molecule has 0 saturated heterocycles. The second-order valence-electron chi connectivity index (χ2n) is 6.56. The first-order chi connectivity index (χ1) is 14.5. The van der Waals surface area contributed by atoms with E-state index in [0.29, 0.717) is 22.5 Å². The molecule has 2 aromatic heterocycles. The molecule has 4 aromatic rings. The van der Waals surface area contributed by atoms with Crippen LogP contribution in [-0.2, 0) is 0 Å². The van der Waals surface area contributed by atoms with Gasteiger partial charge in [0.25, 0.3) is 0 Å². The van der Waals surface area contributed by atoms with Gasteiger partial charge >= 0.3 is 5.97 Å². The van der Waals surface area contributed by atoms with Gasteiger partial charge in [-0.3, -0.25) is 4.79 Å². The molecule has 7 nitrogen and oxygen atoms in total. The Hall–Kier alpha value is -4.00. The van der Waals surface area contributed by atoms with Crippen molar-refractivity contribution in [1.29, 1.82) is 0 Å². The van der Waals surface area contributed by atoms with Crippen molar-refractivity contribution in [2.45, 2.75) is 6.92 Å². The van der Waals surface area contributed by atoms with E-state index in [1.165, 1.54) is 32.6 Å². The zero-order valence-corrected chi connectivity index (χ0v) is 16.6. The highest BCUT2D eigenvalue weighted by Crippen LogP contribution is 2.32.